The van der Waals surface area contributed by atoms with Gasteiger partial charge in [0.1, 0.15) is 0 Å². The van der Waals surface area contributed by atoms with Gasteiger partial charge in [0.15, 0.2) is 5.66 Å². The molecular weight excluding hydrogens is 348 g/mol. The van der Waals surface area contributed by atoms with Crippen molar-refractivity contribution < 1.29 is 19.5 Å². The number of imide groups is 1. The lowest BCUT2D eigenvalue weighted by Crippen LogP contribution is -2.42. The van der Waals surface area contributed by atoms with Crippen LogP contribution in [0.5, 0.6) is 0 Å². The van der Waals surface area contributed by atoms with Gasteiger partial charge >= 0.3 is 0 Å². The van der Waals surface area contributed by atoms with E-state index in [1.54, 1.807) is 24.3 Å². The molecule has 2 N–H and O–H groups in total. The minimum atomic E-state index is -1.05. The third-order valence-electron chi connectivity index (χ3n) is 4.61. The van der Waals surface area contributed by atoms with Crippen LogP contribution in [-0.2, 0) is 4.79 Å². The summed E-state index contributed by atoms with van der Waals surface area (Å²) in [5.41, 5.74) is 0.128. The van der Waals surface area contributed by atoms with E-state index < -0.39 is 23.6 Å². The molecule has 8 nitrogen and oxygen atoms in total. The number of carbonyl (C=O) groups is 3. The normalized spacial score (nSPS) is 17.4. The summed E-state index contributed by atoms with van der Waals surface area (Å²) in [6.07, 6.45) is 6.02. The van der Waals surface area contributed by atoms with Crippen molar-refractivity contribution in [3.8, 4) is 12.3 Å². The summed E-state index contributed by atoms with van der Waals surface area (Å²) in [6.45, 7) is -0.235. The molecule has 2 aliphatic rings. The Labute approximate surface area is 156 Å². The lowest BCUT2D eigenvalue weighted by Gasteiger charge is -2.19. The molecule has 1 aromatic carbocycles. The fraction of sp³-hybridized carbons (Fsp3) is 0.421. The van der Waals surface area contributed by atoms with Gasteiger partial charge in [0.2, 0.25) is 5.91 Å². The Morgan fingerprint density at radius 2 is 1.85 bits per heavy atom. The van der Waals surface area contributed by atoms with Gasteiger partial charge in [-0.2, -0.15) is 10.2 Å². The summed E-state index contributed by atoms with van der Waals surface area (Å²) in [4.78, 5) is 37.5. The molecule has 3 rings (SSSR count). The van der Waals surface area contributed by atoms with E-state index in [0.717, 1.165) is 4.90 Å². The van der Waals surface area contributed by atoms with Gasteiger partial charge in [-0.05, 0) is 12.1 Å². The van der Waals surface area contributed by atoms with E-state index in [-0.39, 0.29) is 25.4 Å². The number of terminal acetylenes is 1. The number of hydrogen-bond donors (Lipinski definition) is 2. The first-order valence-electron chi connectivity index (χ1n) is 8.73. The van der Waals surface area contributed by atoms with E-state index in [1.807, 2.05) is 0 Å². The van der Waals surface area contributed by atoms with Crippen molar-refractivity contribution in [3.05, 3.63) is 35.4 Å². The topological polar surface area (TPSA) is 111 Å². The van der Waals surface area contributed by atoms with Crippen LogP contribution in [0.4, 0.5) is 0 Å². The Balaban J connectivity index is 1.42. The Morgan fingerprint density at radius 3 is 2.41 bits per heavy atom. The largest absolute Gasteiger partial charge is 0.389 e. The predicted octanol–water partition coefficient (Wildman–Crippen LogP) is 1.12. The fourth-order valence-electron chi connectivity index (χ4n) is 2.98. The molecule has 0 bridgehead atoms. The van der Waals surface area contributed by atoms with Gasteiger partial charge < -0.3 is 10.4 Å². The molecule has 0 saturated heterocycles. The van der Waals surface area contributed by atoms with Crippen LogP contribution in [0, 0.1) is 12.3 Å². The van der Waals surface area contributed by atoms with Crippen LogP contribution in [0.15, 0.2) is 34.5 Å². The van der Waals surface area contributed by atoms with E-state index in [0.29, 0.717) is 30.4 Å². The molecule has 0 aromatic heterocycles. The van der Waals surface area contributed by atoms with Crippen LogP contribution >= 0.6 is 0 Å². The minimum Gasteiger partial charge on any atom is -0.389 e. The molecule has 1 aromatic rings. The number of hydrogen-bond acceptors (Lipinski definition) is 6. The van der Waals surface area contributed by atoms with Crippen molar-refractivity contribution in [1.82, 2.24) is 10.2 Å². The van der Waals surface area contributed by atoms with Crippen molar-refractivity contribution in [1.29, 1.82) is 0 Å². The van der Waals surface area contributed by atoms with Crippen molar-refractivity contribution in [2.45, 2.75) is 37.5 Å². The smallest absolute Gasteiger partial charge is 0.261 e. The molecule has 0 fully saturated rings. The predicted molar refractivity (Wildman–Crippen MR) is 95.7 cm³/mol. The number of amides is 3. The first kappa shape index (κ1) is 18.7. The standard InChI is InChI=1S/C19H20N4O4/c1-2-3-9-19(21-22-19)10-8-16(25)20-11-13(24)12-23-17(26)14-6-4-5-7-15(14)18(23)27/h1,4-7,13,24H,3,8-12H2,(H,20,25). The second-order valence-electron chi connectivity index (χ2n) is 6.61. The average Bonchev–Trinajstić information content (AvgIpc) is 3.42. The number of β-amino-alcohol motifs (C(OH)–C–C–N with tert-alkyl or cyclic N) is 1. The number of nitrogens with one attached hydrogen (secondary N) is 1. The molecular formula is C19H20N4O4. The molecule has 0 saturated carbocycles. The zero-order valence-electron chi connectivity index (χ0n) is 14.7. The number of benzene rings is 1. The summed E-state index contributed by atoms with van der Waals surface area (Å²) < 4.78 is 0. The van der Waals surface area contributed by atoms with Gasteiger partial charge in [0, 0.05) is 32.2 Å². The lowest BCUT2D eigenvalue weighted by atomic mass is 10.0. The van der Waals surface area contributed by atoms with Crippen LogP contribution < -0.4 is 5.32 Å². The fourth-order valence-corrected chi connectivity index (χ4v) is 2.98. The molecule has 2 heterocycles. The first-order valence-corrected chi connectivity index (χ1v) is 8.73. The second kappa shape index (κ2) is 7.68. The van der Waals surface area contributed by atoms with Gasteiger partial charge in [0.25, 0.3) is 11.8 Å². The molecule has 27 heavy (non-hydrogen) atoms. The average molecular weight is 368 g/mol. The highest BCUT2D eigenvalue weighted by Crippen LogP contribution is 2.37. The van der Waals surface area contributed by atoms with Crippen molar-refractivity contribution in [2.75, 3.05) is 13.1 Å². The molecule has 1 atom stereocenters. The highest BCUT2D eigenvalue weighted by molar-refractivity contribution is 6.21. The van der Waals surface area contributed by atoms with Crippen LogP contribution in [0.3, 0.4) is 0 Å². The van der Waals surface area contributed by atoms with Crippen molar-refractivity contribution >= 4 is 17.7 Å². The van der Waals surface area contributed by atoms with Gasteiger partial charge in [0.05, 0.1) is 23.8 Å². The van der Waals surface area contributed by atoms with Crippen LogP contribution in [0.1, 0.15) is 46.4 Å². The zero-order chi connectivity index (χ0) is 19.4. The third-order valence-corrected chi connectivity index (χ3v) is 4.61. The summed E-state index contributed by atoms with van der Waals surface area (Å²) in [5, 5.41) is 20.6. The Bertz CT molecular complexity index is 801. The van der Waals surface area contributed by atoms with E-state index >= 15 is 0 Å². The second-order valence-corrected chi connectivity index (χ2v) is 6.61. The SMILES string of the molecule is C#CCCC1(CCC(=O)NCC(O)CN2C(=O)c3ccccc3C2=O)N=N1. The Morgan fingerprint density at radius 1 is 1.22 bits per heavy atom. The minimum absolute atomic E-state index is 0.0577. The number of fused-ring (bicyclic) bond motifs is 1. The summed E-state index contributed by atoms with van der Waals surface area (Å²) in [5.74, 6) is 1.40. The summed E-state index contributed by atoms with van der Waals surface area (Å²) >= 11 is 0. The lowest BCUT2D eigenvalue weighted by molar-refractivity contribution is -0.121. The number of rotatable bonds is 9. The molecule has 1 unspecified atom stereocenters. The third kappa shape index (κ3) is 4.20. The Kier molecular flexibility index (Phi) is 5.33. The maximum Gasteiger partial charge on any atom is 0.261 e. The number of aliphatic hydroxyl groups is 1. The molecule has 3 amide bonds. The Hall–Kier alpha value is -3.05. The number of carbonyl (C=O) groups excluding carboxylic acids is 3. The number of aliphatic hydroxyl groups excluding tert-OH is 1. The first-order chi connectivity index (χ1) is 13.0. The van der Waals surface area contributed by atoms with Crippen LogP contribution in [-0.4, -0.2) is 52.6 Å². The van der Waals surface area contributed by atoms with Gasteiger partial charge in [-0.25, -0.2) is 0 Å². The van der Waals surface area contributed by atoms with Crippen LogP contribution in [0.25, 0.3) is 0 Å². The van der Waals surface area contributed by atoms with E-state index in [1.165, 1.54) is 0 Å². The summed E-state index contributed by atoms with van der Waals surface area (Å²) in [7, 11) is 0. The van der Waals surface area contributed by atoms with Gasteiger partial charge in [-0.15, -0.1) is 12.3 Å². The molecule has 0 spiro atoms. The molecule has 0 aliphatic carbocycles. The zero-order valence-corrected chi connectivity index (χ0v) is 14.7. The van der Waals surface area contributed by atoms with Crippen LogP contribution in [0.2, 0.25) is 0 Å². The van der Waals surface area contributed by atoms with E-state index in [9.17, 15) is 19.5 Å². The molecule has 0 radical (unpaired) electrons. The molecule has 2 aliphatic heterocycles. The highest BCUT2D eigenvalue weighted by Gasteiger charge is 2.39. The van der Waals surface area contributed by atoms with Gasteiger partial charge in [-0.1, -0.05) is 12.1 Å². The van der Waals surface area contributed by atoms with E-state index in [2.05, 4.69) is 21.5 Å². The maximum atomic E-state index is 12.3. The van der Waals surface area contributed by atoms with Gasteiger partial charge in [-0.3, -0.25) is 19.3 Å². The molecule has 140 valence electrons. The summed E-state index contributed by atoms with van der Waals surface area (Å²) in [6, 6.07) is 6.51. The quantitative estimate of drug-likeness (QED) is 0.502. The number of nitrogens with zero attached hydrogens (tertiary/aromatic N) is 3. The maximum absolute atomic E-state index is 12.3. The molecule has 8 heteroatoms. The monoisotopic (exact) mass is 368 g/mol. The van der Waals surface area contributed by atoms with Crippen molar-refractivity contribution in [2.24, 2.45) is 10.2 Å². The highest BCUT2D eigenvalue weighted by atomic mass is 16.3. The van der Waals surface area contributed by atoms with Crippen molar-refractivity contribution in [3.63, 3.8) is 0 Å². The van der Waals surface area contributed by atoms with E-state index in [4.69, 9.17) is 6.42 Å².